The van der Waals surface area contributed by atoms with E-state index in [9.17, 15) is 4.79 Å². The van der Waals surface area contributed by atoms with Gasteiger partial charge in [0.25, 0.3) is 0 Å². The summed E-state index contributed by atoms with van der Waals surface area (Å²) in [4.78, 5) is 16.2. The second-order valence-corrected chi connectivity index (χ2v) is 5.42. The fraction of sp³-hybridized carbons (Fsp3) is 0.167. The summed E-state index contributed by atoms with van der Waals surface area (Å²) in [5, 5.41) is 18.0. The number of benzene rings is 1. The lowest BCUT2D eigenvalue weighted by Gasteiger charge is -1.99. The summed E-state index contributed by atoms with van der Waals surface area (Å²) in [6.45, 7) is 2.54. The van der Waals surface area contributed by atoms with Gasteiger partial charge in [-0.05, 0) is 25.1 Å². The summed E-state index contributed by atoms with van der Waals surface area (Å²) in [6.07, 6.45) is 1.82. The summed E-state index contributed by atoms with van der Waals surface area (Å²) >= 11 is 1.61. The fourth-order valence-corrected chi connectivity index (χ4v) is 2.63. The van der Waals surface area contributed by atoms with Crippen molar-refractivity contribution in [2.75, 3.05) is 0 Å². The Balaban J connectivity index is 1.99. The first-order valence-corrected chi connectivity index (χ1v) is 6.43. The molecule has 0 unspecified atom stereocenters. The molecular weight excluding hydrogens is 264 g/mol. The van der Waals surface area contributed by atoms with Gasteiger partial charge in [0, 0.05) is 11.1 Å². The molecule has 0 radical (unpaired) electrons. The quantitative estimate of drug-likeness (QED) is 0.789. The Bertz CT molecular complexity index is 762. The molecule has 2 aromatic heterocycles. The molecule has 0 bridgehead atoms. The molecule has 7 heteroatoms. The minimum Gasteiger partial charge on any atom is -0.478 e. The third-order valence-corrected chi connectivity index (χ3v) is 3.63. The smallest absolute Gasteiger partial charge is 0.335 e. The van der Waals surface area contributed by atoms with Crippen LogP contribution >= 0.6 is 11.3 Å². The van der Waals surface area contributed by atoms with Crippen LogP contribution in [0.2, 0.25) is 0 Å². The normalized spacial score (nSPS) is 11.0. The van der Waals surface area contributed by atoms with Gasteiger partial charge in [-0.2, -0.15) is 0 Å². The predicted molar refractivity (Wildman–Crippen MR) is 70.4 cm³/mol. The lowest BCUT2D eigenvalue weighted by atomic mass is 10.2. The van der Waals surface area contributed by atoms with Gasteiger partial charge in [0.1, 0.15) is 5.52 Å². The van der Waals surface area contributed by atoms with Crippen LogP contribution in [0.3, 0.4) is 0 Å². The van der Waals surface area contributed by atoms with Crippen molar-refractivity contribution in [2.24, 2.45) is 0 Å². The maximum atomic E-state index is 10.9. The molecule has 0 aliphatic heterocycles. The van der Waals surface area contributed by atoms with Crippen molar-refractivity contribution in [3.05, 3.63) is 39.8 Å². The van der Waals surface area contributed by atoms with Crippen LogP contribution in [0.4, 0.5) is 0 Å². The van der Waals surface area contributed by atoms with E-state index in [2.05, 4.69) is 15.3 Å². The molecule has 3 rings (SSSR count). The second-order valence-electron chi connectivity index (χ2n) is 4.10. The molecule has 2 heterocycles. The molecule has 0 spiro atoms. The van der Waals surface area contributed by atoms with Gasteiger partial charge in [0.05, 0.1) is 22.6 Å². The van der Waals surface area contributed by atoms with Crippen molar-refractivity contribution < 1.29 is 9.90 Å². The van der Waals surface area contributed by atoms with Crippen LogP contribution in [0.15, 0.2) is 24.4 Å². The summed E-state index contributed by atoms with van der Waals surface area (Å²) < 4.78 is 1.74. The Hall–Kier alpha value is -2.28. The lowest BCUT2D eigenvalue weighted by Crippen LogP contribution is -2.00. The molecule has 0 aliphatic rings. The molecule has 0 aliphatic carbocycles. The lowest BCUT2D eigenvalue weighted by molar-refractivity contribution is 0.0697. The minimum atomic E-state index is -0.963. The van der Waals surface area contributed by atoms with E-state index in [0.717, 1.165) is 15.4 Å². The molecule has 0 amide bonds. The van der Waals surface area contributed by atoms with E-state index in [1.54, 1.807) is 28.2 Å². The van der Waals surface area contributed by atoms with Crippen LogP contribution in [0, 0.1) is 6.92 Å². The van der Waals surface area contributed by atoms with Crippen LogP contribution in [0.1, 0.15) is 20.2 Å². The van der Waals surface area contributed by atoms with Gasteiger partial charge in [0.15, 0.2) is 0 Å². The Morgan fingerprint density at radius 2 is 2.32 bits per heavy atom. The second kappa shape index (κ2) is 4.43. The number of thiazole rings is 1. The number of aryl methyl sites for hydroxylation is 1. The summed E-state index contributed by atoms with van der Waals surface area (Å²) in [5.74, 6) is -0.963. The molecule has 19 heavy (non-hydrogen) atoms. The molecule has 0 atom stereocenters. The van der Waals surface area contributed by atoms with Crippen molar-refractivity contribution in [2.45, 2.75) is 13.5 Å². The Morgan fingerprint density at radius 3 is 3.00 bits per heavy atom. The number of carboxylic acids is 1. The van der Waals surface area contributed by atoms with E-state index < -0.39 is 5.97 Å². The largest absolute Gasteiger partial charge is 0.478 e. The van der Waals surface area contributed by atoms with E-state index in [0.29, 0.717) is 12.1 Å². The zero-order valence-electron chi connectivity index (χ0n) is 10.1. The van der Waals surface area contributed by atoms with Crippen molar-refractivity contribution in [1.82, 2.24) is 20.0 Å². The van der Waals surface area contributed by atoms with Crippen molar-refractivity contribution in [1.29, 1.82) is 0 Å². The highest BCUT2D eigenvalue weighted by atomic mass is 32.1. The van der Waals surface area contributed by atoms with E-state index >= 15 is 0 Å². The van der Waals surface area contributed by atoms with Crippen molar-refractivity contribution in [3.63, 3.8) is 0 Å². The molecule has 0 saturated carbocycles. The molecule has 1 aromatic carbocycles. The third kappa shape index (κ3) is 2.19. The highest BCUT2D eigenvalue weighted by molar-refractivity contribution is 7.11. The highest BCUT2D eigenvalue weighted by Crippen LogP contribution is 2.17. The average Bonchev–Trinajstić information content (AvgIpc) is 2.96. The van der Waals surface area contributed by atoms with Gasteiger partial charge in [-0.3, -0.25) is 0 Å². The topological polar surface area (TPSA) is 80.9 Å². The molecule has 0 saturated heterocycles. The van der Waals surface area contributed by atoms with Crippen molar-refractivity contribution in [3.8, 4) is 0 Å². The number of rotatable bonds is 3. The van der Waals surface area contributed by atoms with E-state index in [-0.39, 0.29) is 5.56 Å². The Morgan fingerprint density at radius 1 is 1.47 bits per heavy atom. The van der Waals surface area contributed by atoms with Gasteiger partial charge < -0.3 is 5.11 Å². The number of hydrogen-bond acceptors (Lipinski definition) is 5. The zero-order chi connectivity index (χ0) is 13.4. The van der Waals surface area contributed by atoms with Crippen LogP contribution in [0.25, 0.3) is 11.0 Å². The number of aromatic carboxylic acids is 1. The predicted octanol–water partition coefficient (Wildman–Crippen LogP) is 1.94. The number of fused-ring (bicyclic) bond motifs is 1. The molecule has 96 valence electrons. The van der Waals surface area contributed by atoms with Crippen LogP contribution in [-0.2, 0) is 6.54 Å². The Labute approximate surface area is 112 Å². The third-order valence-electron chi connectivity index (χ3n) is 2.74. The van der Waals surface area contributed by atoms with Gasteiger partial charge in [-0.1, -0.05) is 5.21 Å². The molecule has 6 nitrogen and oxygen atoms in total. The van der Waals surface area contributed by atoms with Gasteiger partial charge in [-0.25, -0.2) is 14.5 Å². The number of nitrogens with zero attached hydrogens (tertiary/aromatic N) is 4. The van der Waals surface area contributed by atoms with Gasteiger partial charge >= 0.3 is 5.97 Å². The number of hydrogen-bond donors (Lipinski definition) is 1. The standard InChI is InChI=1S/C12H10N4O2S/c1-7-13-5-9(19-7)6-16-11-3-2-8(12(17)18)4-10(11)14-15-16/h2-5H,6H2,1H3,(H,17,18). The summed E-state index contributed by atoms with van der Waals surface area (Å²) in [7, 11) is 0. The fourth-order valence-electron chi connectivity index (χ4n) is 1.85. The maximum Gasteiger partial charge on any atom is 0.335 e. The van der Waals surface area contributed by atoms with E-state index in [4.69, 9.17) is 5.11 Å². The van der Waals surface area contributed by atoms with Crippen LogP contribution in [0.5, 0.6) is 0 Å². The van der Waals surface area contributed by atoms with E-state index in [1.807, 2.05) is 13.1 Å². The molecule has 1 N–H and O–H groups in total. The number of carboxylic acid groups (broad SMARTS) is 1. The first kappa shape index (κ1) is 11.8. The average molecular weight is 274 g/mol. The number of carbonyl (C=O) groups is 1. The summed E-state index contributed by atoms with van der Waals surface area (Å²) in [5.41, 5.74) is 1.62. The first-order valence-electron chi connectivity index (χ1n) is 5.61. The van der Waals surface area contributed by atoms with Gasteiger partial charge in [-0.15, -0.1) is 16.4 Å². The molecule has 3 aromatic rings. The molecular formula is C12H10N4O2S. The molecule has 0 fully saturated rings. The number of aromatic nitrogens is 4. The first-order chi connectivity index (χ1) is 9.13. The van der Waals surface area contributed by atoms with Gasteiger partial charge in [0.2, 0.25) is 0 Å². The Kier molecular flexibility index (Phi) is 2.75. The monoisotopic (exact) mass is 274 g/mol. The SMILES string of the molecule is Cc1ncc(Cn2nnc3cc(C(=O)O)ccc32)s1. The van der Waals surface area contributed by atoms with E-state index in [1.165, 1.54) is 6.07 Å². The van der Waals surface area contributed by atoms with Crippen LogP contribution < -0.4 is 0 Å². The summed E-state index contributed by atoms with van der Waals surface area (Å²) in [6, 6.07) is 4.81. The minimum absolute atomic E-state index is 0.216. The van der Waals surface area contributed by atoms with Crippen LogP contribution in [-0.4, -0.2) is 31.1 Å². The zero-order valence-corrected chi connectivity index (χ0v) is 10.9. The highest BCUT2D eigenvalue weighted by Gasteiger charge is 2.10. The van der Waals surface area contributed by atoms with Crippen molar-refractivity contribution >= 4 is 28.3 Å². The maximum absolute atomic E-state index is 10.9.